The van der Waals surface area contributed by atoms with E-state index < -0.39 is 63.2 Å². The number of hydrogen-bond donors (Lipinski definition) is 1. The molecular formula is C9H10F11NO3S. The molecule has 152 valence electrons. The third-order valence-corrected chi connectivity index (χ3v) is 4.90. The van der Waals surface area contributed by atoms with Gasteiger partial charge in [-0.05, 0) is 0 Å². The maximum atomic E-state index is 13.5. The monoisotopic (exact) mass is 421 g/mol. The lowest BCUT2D eigenvalue weighted by Gasteiger charge is -2.38. The fraction of sp³-hybridized carbons (Fsp3) is 1.00. The standard InChI is InChI=1S/C9H10F11NO3S/c1-2-21(3-4-22)25(23,24)9(19,20)7(14,15)5(10,11)6(12,13)8(16,17)18/h22H,2-4H2,1H3. The molecule has 0 amide bonds. The van der Waals surface area contributed by atoms with E-state index in [9.17, 15) is 56.7 Å². The van der Waals surface area contributed by atoms with Gasteiger partial charge < -0.3 is 5.11 Å². The molecule has 0 saturated heterocycles. The maximum absolute atomic E-state index is 13.5. The van der Waals surface area contributed by atoms with Crippen LogP contribution in [0.4, 0.5) is 48.3 Å². The van der Waals surface area contributed by atoms with Crippen molar-refractivity contribution in [2.75, 3.05) is 19.7 Å². The summed E-state index contributed by atoms with van der Waals surface area (Å²) < 4.78 is 163. The molecule has 0 atom stereocenters. The number of aliphatic hydroxyl groups is 1. The van der Waals surface area contributed by atoms with Crippen LogP contribution in [0.2, 0.25) is 0 Å². The minimum absolute atomic E-state index is 0.678. The van der Waals surface area contributed by atoms with Crippen molar-refractivity contribution in [1.29, 1.82) is 0 Å². The summed E-state index contributed by atoms with van der Waals surface area (Å²) in [5.41, 5.74) is 0. The van der Waals surface area contributed by atoms with Gasteiger partial charge in [0, 0.05) is 13.1 Å². The average molecular weight is 421 g/mol. The van der Waals surface area contributed by atoms with Crippen LogP contribution in [0, 0.1) is 0 Å². The highest BCUT2D eigenvalue weighted by molar-refractivity contribution is 7.90. The Morgan fingerprint density at radius 1 is 0.800 bits per heavy atom. The average Bonchev–Trinajstić information content (AvgIpc) is 2.42. The molecule has 1 N–H and O–H groups in total. The number of rotatable bonds is 8. The number of alkyl halides is 11. The van der Waals surface area contributed by atoms with E-state index in [1.165, 1.54) is 0 Å². The van der Waals surface area contributed by atoms with Crippen LogP contribution in [0.25, 0.3) is 0 Å². The van der Waals surface area contributed by atoms with Gasteiger partial charge in [-0.15, -0.1) is 0 Å². The number of hydrogen-bond acceptors (Lipinski definition) is 3. The molecule has 16 heteroatoms. The van der Waals surface area contributed by atoms with E-state index in [2.05, 4.69) is 0 Å². The normalized spacial score (nSPS) is 15.8. The highest BCUT2D eigenvalue weighted by atomic mass is 32.2. The van der Waals surface area contributed by atoms with Crippen LogP contribution in [-0.2, 0) is 10.0 Å². The van der Waals surface area contributed by atoms with Crippen LogP contribution in [0.1, 0.15) is 6.92 Å². The summed E-state index contributed by atoms with van der Waals surface area (Å²) >= 11 is 0. The fourth-order valence-corrected chi connectivity index (χ4v) is 2.88. The predicted octanol–water partition coefficient (Wildman–Crippen LogP) is 2.69. The van der Waals surface area contributed by atoms with E-state index in [0.717, 1.165) is 6.92 Å². The first-order chi connectivity index (χ1) is 10.8. The first-order valence-electron chi connectivity index (χ1n) is 5.95. The van der Waals surface area contributed by atoms with Crippen molar-refractivity contribution in [2.24, 2.45) is 0 Å². The quantitative estimate of drug-likeness (QED) is 0.614. The minimum atomic E-state index is -7.81. The van der Waals surface area contributed by atoms with Crippen LogP contribution in [0.15, 0.2) is 0 Å². The first kappa shape index (κ1) is 24.1. The van der Waals surface area contributed by atoms with Crippen molar-refractivity contribution in [1.82, 2.24) is 4.31 Å². The van der Waals surface area contributed by atoms with E-state index in [4.69, 9.17) is 5.11 Å². The molecule has 0 heterocycles. The molecule has 0 rings (SSSR count). The van der Waals surface area contributed by atoms with Gasteiger partial charge in [-0.1, -0.05) is 6.92 Å². The molecule has 4 nitrogen and oxygen atoms in total. The Bertz CT molecular complexity index is 572. The number of likely N-dealkylation sites (N-methyl/N-ethyl adjacent to an activating group) is 1. The van der Waals surface area contributed by atoms with E-state index in [-0.39, 0.29) is 0 Å². The Morgan fingerprint density at radius 2 is 1.20 bits per heavy atom. The molecule has 0 radical (unpaired) electrons. The Balaban J connectivity index is 6.39. The SMILES string of the molecule is CCN(CCO)S(=O)(=O)C(F)(F)C(F)(F)C(F)(F)C(F)(F)C(F)(F)F. The number of nitrogens with zero attached hydrogens (tertiary/aromatic N) is 1. The molecule has 0 aliphatic carbocycles. The third kappa shape index (κ3) is 3.39. The molecule has 0 unspecified atom stereocenters. The van der Waals surface area contributed by atoms with Crippen LogP contribution in [-0.4, -0.2) is 66.7 Å². The Kier molecular flexibility index (Phi) is 6.44. The second kappa shape index (κ2) is 6.68. The predicted molar refractivity (Wildman–Crippen MR) is 59.1 cm³/mol. The summed E-state index contributed by atoms with van der Waals surface area (Å²) in [4.78, 5) is 0. The smallest absolute Gasteiger partial charge is 0.395 e. The second-order valence-electron chi connectivity index (χ2n) is 4.46. The zero-order valence-corrected chi connectivity index (χ0v) is 12.7. The second-order valence-corrected chi connectivity index (χ2v) is 6.44. The lowest BCUT2D eigenvalue weighted by Crippen LogP contribution is -2.69. The van der Waals surface area contributed by atoms with Gasteiger partial charge in [0.05, 0.1) is 6.61 Å². The highest BCUT2D eigenvalue weighted by Gasteiger charge is 2.89. The van der Waals surface area contributed by atoms with Gasteiger partial charge in [-0.2, -0.15) is 52.6 Å². The van der Waals surface area contributed by atoms with Gasteiger partial charge in [0.2, 0.25) is 0 Å². The van der Waals surface area contributed by atoms with Gasteiger partial charge in [-0.3, -0.25) is 0 Å². The molecule has 0 spiro atoms. The summed E-state index contributed by atoms with van der Waals surface area (Å²) in [5.74, 6) is -23.1. The zero-order chi connectivity index (χ0) is 20.7. The lowest BCUT2D eigenvalue weighted by atomic mass is 10.0. The van der Waals surface area contributed by atoms with Crippen molar-refractivity contribution in [3.05, 3.63) is 0 Å². The molecule has 0 bridgehead atoms. The Labute approximate surface area is 133 Å². The first-order valence-corrected chi connectivity index (χ1v) is 7.39. The van der Waals surface area contributed by atoms with E-state index >= 15 is 0 Å². The zero-order valence-electron chi connectivity index (χ0n) is 11.9. The van der Waals surface area contributed by atoms with Crippen molar-refractivity contribution in [3.63, 3.8) is 0 Å². The van der Waals surface area contributed by atoms with Crippen molar-refractivity contribution < 1.29 is 61.8 Å². The lowest BCUT2D eigenvalue weighted by molar-refractivity contribution is -0.413. The van der Waals surface area contributed by atoms with Crippen molar-refractivity contribution >= 4 is 10.0 Å². The molecule has 0 aliphatic rings. The molecule has 0 aromatic rings. The molecular weight excluding hydrogens is 411 g/mol. The molecule has 0 aromatic heterocycles. The summed E-state index contributed by atoms with van der Waals surface area (Å²) in [5, 5.41) is 1.39. The fourth-order valence-electron chi connectivity index (χ4n) is 1.44. The maximum Gasteiger partial charge on any atom is 0.460 e. The number of sulfonamides is 1. The van der Waals surface area contributed by atoms with Crippen LogP contribution in [0.5, 0.6) is 0 Å². The topological polar surface area (TPSA) is 57.6 Å². The van der Waals surface area contributed by atoms with Gasteiger partial charge in [0.25, 0.3) is 10.0 Å². The van der Waals surface area contributed by atoms with E-state index in [0.29, 0.717) is 0 Å². The Morgan fingerprint density at radius 3 is 1.48 bits per heavy atom. The molecule has 0 saturated carbocycles. The highest BCUT2D eigenvalue weighted by Crippen LogP contribution is 2.58. The summed E-state index contributed by atoms with van der Waals surface area (Å²) in [6.07, 6.45) is -7.38. The van der Waals surface area contributed by atoms with E-state index in [1.54, 1.807) is 0 Å². The van der Waals surface area contributed by atoms with Crippen LogP contribution in [0.3, 0.4) is 0 Å². The largest absolute Gasteiger partial charge is 0.460 e. The van der Waals surface area contributed by atoms with Gasteiger partial charge in [0.1, 0.15) is 0 Å². The molecule has 0 fully saturated rings. The van der Waals surface area contributed by atoms with Gasteiger partial charge in [-0.25, -0.2) is 8.42 Å². The summed E-state index contributed by atoms with van der Waals surface area (Å²) in [6.45, 7) is -2.96. The van der Waals surface area contributed by atoms with Crippen molar-refractivity contribution in [3.8, 4) is 0 Å². The van der Waals surface area contributed by atoms with Crippen molar-refractivity contribution in [2.45, 2.75) is 36.1 Å². The Hall–Kier alpha value is -0.900. The molecule has 0 aromatic carbocycles. The van der Waals surface area contributed by atoms with Gasteiger partial charge in [0.15, 0.2) is 0 Å². The van der Waals surface area contributed by atoms with Gasteiger partial charge >= 0.3 is 29.2 Å². The molecule has 25 heavy (non-hydrogen) atoms. The summed E-state index contributed by atoms with van der Waals surface area (Å²) in [6, 6.07) is 0. The minimum Gasteiger partial charge on any atom is -0.395 e. The van der Waals surface area contributed by atoms with Crippen LogP contribution < -0.4 is 0 Å². The number of aliphatic hydroxyl groups excluding tert-OH is 1. The van der Waals surface area contributed by atoms with Crippen LogP contribution >= 0.6 is 0 Å². The summed E-state index contributed by atoms with van der Waals surface area (Å²) in [7, 11) is -6.85. The molecule has 0 aliphatic heterocycles. The third-order valence-electron chi connectivity index (χ3n) is 2.88. The van der Waals surface area contributed by atoms with E-state index in [1.807, 2.05) is 0 Å². The number of halogens is 11.